The SMILES string of the molecule is C#CC.CC.CC(N)=O.CCC(C)(C)OC(=O)N1CCN(CC2=NC(C3=CC=C(F)CC=C3)CC(c3nccs3)N2)CC1. The molecule has 238 valence electrons. The van der Waals surface area contributed by atoms with Crippen molar-refractivity contribution < 1.29 is 18.7 Å². The summed E-state index contributed by atoms with van der Waals surface area (Å²) in [5, 5.41) is 6.60. The van der Waals surface area contributed by atoms with Gasteiger partial charge >= 0.3 is 6.09 Å². The first-order valence-electron chi connectivity index (χ1n) is 14.8. The summed E-state index contributed by atoms with van der Waals surface area (Å²) < 4.78 is 19.4. The van der Waals surface area contributed by atoms with Gasteiger partial charge in [-0.25, -0.2) is 14.2 Å². The van der Waals surface area contributed by atoms with Crippen LogP contribution in [0.2, 0.25) is 0 Å². The standard InChI is InChI=1S/C25H34FN5O2S.C3H4.C2H5NO.C2H6/c1-4-25(2,3)33-24(32)31-13-11-30(12-14-31)17-22-28-20(18-6-5-7-19(26)9-8-18)16-21(29-22)23-27-10-15-34-23;1-3-2;1-2(3)4;1-2/h5-6,8-10,15,20-21H,4,7,11-14,16-17H2,1-3H3,(H,28,29);1H,2H3;1H3,(H2,3,4);1-2H3. The van der Waals surface area contributed by atoms with E-state index in [4.69, 9.17) is 9.73 Å². The average molecular weight is 617 g/mol. The number of nitrogens with two attached hydrogens (primary N) is 1. The highest BCUT2D eigenvalue weighted by atomic mass is 32.1. The van der Waals surface area contributed by atoms with E-state index >= 15 is 0 Å². The Hall–Kier alpha value is -3.49. The molecule has 3 N–H and O–H groups in total. The predicted molar refractivity (Wildman–Crippen MR) is 174 cm³/mol. The molecule has 1 saturated heterocycles. The molecule has 3 heterocycles. The number of nitrogens with zero attached hydrogens (tertiary/aromatic N) is 4. The molecule has 0 aromatic carbocycles. The van der Waals surface area contributed by atoms with Gasteiger partial charge in [0.15, 0.2) is 0 Å². The topological polar surface area (TPSA) is 113 Å². The zero-order valence-corrected chi connectivity index (χ0v) is 27.5. The van der Waals surface area contributed by atoms with Gasteiger partial charge in [0.1, 0.15) is 22.3 Å². The second kappa shape index (κ2) is 19.7. The van der Waals surface area contributed by atoms with Crippen LogP contribution >= 0.6 is 11.3 Å². The fourth-order valence-corrected chi connectivity index (χ4v) is 4.84. The van der Waals surface area contributed by atoms with Crippen LogP contribution in [0, 0.1) is 12.3 Å². The Morgan fingerprint density at radius 1 is 1.26 bits per heavy atom. The third-order valence-corrected chi connectivity index (χ3v) is 7.43. The van der Waals surface area contributed by atoms with E-state index in [-0.39, 0.29) is 29.9 Å². The van der Waals surface area contributed by atoms with Crippen molar-refractivity contribution in [2.45, 2.75) is 85.4 Å². The molecule has 1 aromatic rings. The Kier molecular flexibility index (Phi) is 17.2. The summed E-state index contributed by atoms with van der Waals surface area (Å²) in [6, 6.07) is 0.00696. The summed E-state index contributed by atoms with van der Waals surface area (Å²) in [7, 11) is 0. The third kappa shape index (κ3) is 14.0. The molecule has 2 aliphatic heterocycles. The van der Waals surface area contributed by atoms with Crippen LogP contribution in [0.5, 0.6) is 0 Å². The first-order valence-corrected chi connectivity index (χ1v) is 15.6. The van der Waals surface area contributed by atoms with Gasteiger partial charge in [-0.15, -0.1) is 23.7 Å². The van der Waals surface area contributed by atoms with Gasteiger partial charge in [0.2, 0.25) is 5.91 Å². The number of carbonyl (C=O) groups is 2. The van der Waals surface area contributed by atoms with Gasteiger partial charge < -0.3 is 20.7 Å². The molecule has 0 radical (unpaired) electrons. The van der Waals surface area contributed by atoms with E-state index in [1.165, 1.54) is 6.92 Å². The molecule has 0 bridgehead atoms. The average Bonchev–Trinajstić information content (AvgIpc) is 3.43. The monoisotopic (exact) mass is 616 g/mol. The summed E-state index contributed by atoms with van der Waals surface area (Å²) in [6.45, 7) is 16.3. The highest BCUT2D eigenvalue weighted by Gasteiger charge is 2.31. The van der Waals surface area contributed by atoms with Crippen molar-refractivity contribution >= 4 is 29.2 Å². The fraction of sp³-hybridized carbons (Fsp3) is 0.562. The Bertz CT molecular complexity index is 1160. The van der Waals surface area contributed by atoms with E-state index in [0.29, 0.717) is 26.1 Å². The van der Waals surface area contributed by atoms with Crippen LogP contribution in [0.3, 0.4) is 0 Å². The first kappa shape index (κ1) is 37.5. The third-order valence-electron chi connectivity index (χ3n) is 6.54. The molecule has 2 amide bonds. The molecule has 1 aliphatic carbocycles. The number of aliphatic imine (C=N–C) groups is 1. The molecule has 3 aliphatic rings. The Balaban J connectivity index is 0.000000916. The van der Waals surface area contributed by atoms with Gasteiger partial charge in [0.05, 0.1) is 18.6 Å². The number of hydrogen-bond acceptors (Lipinski definition) is 8. The van der Waals surface area contributed by atoms with Crippen molar-refractivity contribution in [3.63, 3.8) is 0 Å². The maximum absolute atomic E-state index is 13.7. The molecule has 2 unspecified atom stereocenters. The number of carbonyl (C=O) groups excluding carboxylic acids is 2. The van der Waals surface area contributed by atoms with Crippen LogP contribution in [0.25, 0.3) is 0 Å². The molecule has 0 saturated carbocycles. The van der Waals surface area contributed by atoms with E-state index in [0.717, 1.165) is 42.3 Å². The lowest BCUT2D eigenvalue weighted by molar-refractivity contribution is -0.115. The van der Waals surface area contributed by atoms with Crippen LogP contribution in [-0.4, -0.2) is 77.0 Å². The molecule has 4 rings (SSSR count). The number of thiazole rings is 1. The van der Waals surface area contributed by atoms with Crippen LogP contribution in [-0.2, 0) is 9.53 Å². The molecule has 2 atom stereocenters. The molecule has 1 fully saturated rings. The minimum Gasteiger partial charge on any atom is -0.443 e. The quantitative estimate of drug-likeness (QED) is 0.392. The van der Waals surface area contributed by atoms with Crippen molar-refractivity contribution in [3.05, 3.63) is 52.3 Å². The summed E-state index contributed by atoms with van der Waals surface area (Å²) >= 11 is 1.63. The summed E-state index contributed by atoms with van der Waals surface area (Å²) in [4.78, 5) is 35.3. The van der Waals surface area contributed by atoms with Gasteiger partial charge in [0, 0.05) is 57.5 Å². The van der Waals surface area contributed by atoms with E-state index in [9.17, 15) is 14.0 Å². The number of aromatic nitrogens is 1. The lowest BCUT2D eigenvalue weighted by atomic mass is 9.97. The van der Waals surface area contributed by atoms with E-state index < -0.39 is 5.60 Å². The van der Waals surface area contributed by atoms with E-state index in [1.807, 2.05) is 64.4 Å². The van der Waals surface area contributed by atoms with E-state index in [2.05, 4.69) is 33.3 Å². The van der Waals surface area contributed by atoms with Crippen LogP contribution in [0.15, 0.2) is 52.3 Å². The molecule has 43 heavy (non-hydrogen) atoms. The largest absolute Gasteiger partial charge is 0.443 e. The van der Waals surface area contributed by atoms with Gasteiger partial charge in [-0.3, -0.25) is 14.7 Å². The summed E-state index contributed by atoms with van der Waals surface area (Å²) in [5.74, 6) is 2.68. The Morgan fingerprint density at radius 2 is 1.88 bits per heavy atom. The Labute approximate surface area is 261 Å². The molecule has 0 spiro atoms. The number of terminal acetylenes is 1. The minimum atomic E-state index is -0.450. The number of ether oxygens (including phenoxy) is 1. The number of amides is 2. The number of allylic oxidation sites excluding steroid dienone is 4. The number of rotatable bonds is 6. The molecule has 11 heteroatoms. The molecule has 9 nitrogen and oxygen atoms in total. The lowest BCUT2D eigenvalue weighted by Crippen LogP contribution is -2.53. The van der Waals surface area contributed by atoms with Crippen LogP contribution in [0.4, 0.5) is 9.18 Å². The zero-order chi connectivity index (χ0) is 32.4. The number of amidine groups is 1. The predicted octanol–water partition coefficient (Wildman–Crippen LogP) is 5.78. The van der Waals surface area contributed by atoms with Gasteiger partial charge in [-0.2, -0.15) is 0 Å². The van der Waals surface area contributed by atoms with Crippen molar-refractivity contribution in [2.75, 3.05) is 32.7 Å². The van der Waals surface area contributed by atoms with E-state index in [1.54, 1.807) is 29.2 Å². The maximum atomic E-state index is 13.7. The van der Waals surface area contributed by atoms with Gasteiger partial charge in [0.25, 0.3) is 0 Å². The number of primary amides is 1. The van der Waals surface area contributed by atoms with Crippen molar-refractivity contribution in [1.82, 2.24) is 20.1 Å². The summed E-state index contributed by atoms with van der Waals surface area (Å²) in [6.07, 6.45) is 15.3. The van der Waals surface area contributed by atoms with Gasteiger partial charge in [-0.05, 0) is 38.8 Å². The molecular formula is C32H49FN6O3S. The smallest absolute Gasteiger partial charge is 0.410 e. The fourth-order valence-electron chi connectivity index (χ4n) is 4.14. The first-order chi connectivity index (χ1) is 20.5. The highest BCUT2D eigenvalue weighted by molar-refractivity contribution is 7.09. The van der Waals surface area contributed by atoms with Crippen molar-refractivity contribution in [3.8, 4) is 12.3 Å². The summed E-state index contributed by atoms with van der Waals surface area (Å²) in [5.41, 5.74) is 5.04. The highest BCUT2D eigenvalue weighted by Crippen LogP contribution is 2.30. The van der Waals surface area contributed by atoms with Crippen LogP contribution in [0.1, 0.15) is 78.8 Å². The number of nitrogens with one attached hydrogen (secondary N) is 1. The second-order valence-electron chi connectivity index (χ2n) is 10.4. The normalized spacial score (nSPS) is 19.9. The Morgan fingerprint density at radius 3 is 2.44 bits per heavy atom. The lowest BCUT2D eigenvalue weighted by Gasteiger charge is -2.37. The molecular weight excluding hydrogens is 567 g/mol. The maximum Gasteiger partial charge on any atom is 0.410 e. The van der Waals surface area contributed by atoms with Gasteiger partial charge in [-0.1, -0.05) is 39.0 Å². The number of hydrogen-bond donors (Lipinski definition) is 2. The van der Waals surface area contributed by atoms with Crippen molar-refractivity contribution in [2.24, 2.45) is 10.7 Å². The molecule has 1 aromatic heterocycles. The zero-order valence-electron chi connectivity index (χ0n) is 26.7. The van der Waals surface area contributed by atoms with Crippen LogP contribution < -0.4 is 11.1 Å². The second-order valence-corrected chi connectivity index (χ2v) is 11.4. The minimum absolute atomic E-state index is 0.0592. The number of halogens is 1. The van der Waals surface area contributed by atoms with Crippen molar-refractivity contribution in [1.29, 1.82) is 0 Å². The number of piperazine rings is 1.